The summed E-state index contributed by atoms with van der Waals surface area (Å²) in [6, 6.07) is 7.14. The van der Waals surface area contributed by atoms with E-state index in [1.807, 2.05) is 0 Å². The highest BCUT2D eigenvalue weighted by molar-refractivity contribution is 9.10. The summed E-state index contributed by atoms with van der Waals surface area (Å²) < 4.78 is 1.16. The highest BCUT2D eigenvalue weighted by Gasteiger charge is 2.16. The molecule has 1 aromatic carbocycles. The molecule has 0 aliphatic heterocycles. The van der Waals surface area contributed by atoms with Crippen LogP contribution >= 0.6 is 15.9 Å². The van der Waals surface area contributed by atoms with Crippen molar-refractivity contribution >= 4 is 21.6 Å². The molecule has 1 aromatic rings. The molecule has 1 fully saturated rings. The Labute approximate surface area is 113 Å². The van der Waals surface area contributed by atoms with Crippen LogP contribution in [0.15, 0.2) is 22.7 Å². The van der Waals surface area contributed by atoms with E-state index in [0.717, 1.165) is 10.4 Å². The van der Waals surface area contributed by atoms with Crippen LogP contribution < -0.4 is 5.32 Å². The predicted molar refractivity (Wildman–Crippen MR) is 78.5 cm³/mol. The minimum atomic E-state index is 0.660. The fourth-order valence-electron chi connectivity index (χ4n) is 2.60. The maximum atomic E-state index is 3.72. The molecule has 1 N–H and O–H groups in total. The van der Waals surface area contributed by atoms with Crippen molar-refractivity contribution in [2.45, 2.75) is 52.0 Å². The van der Waals surface area contributed by atoms with Gasteiger partial charge in [0.05, 0.1) is 0 Å². The molecule has 0 aromatic heterocycles. The molecule has 0 spiro atoms. The second-order valence-corrected chi connectivity index (χ2v) is 6.33. The molecule has 17 heavy (non-hydrogen) atoms. The van der Waals surface area contributed by atoms with Crippen molar-refractivity contribution in [2.75, 3.05) is 5.32 Å². The van der Waals surface area contributed by atoms with Crippen LogP contribution in [-0.2, 0) is 0 Å². The van der Waals surface area contributed by atoms with Gasteiger partial charge in [-0.25, -0.2) is 0 Å². The van der Waals surface area contributed by atoms with Crippen molar-refractivity contribution in [3.63, 3.8) is 0 Å². The Kier molecular flexibility index (Phi) is 4.49. The zero-order chi connectivity index (χ0) is 12.3. The number of hydrogen-bond donors (Lipinski definition) is 1. The van der Waals surface area contributed by atoms with E-state index in [1.165, 1.54) is 43.4 Å². The first kappa shape index (κ1) is 12.9. The smallest absolute Gasteiger partial charge is 0.0383 e. The first-order valence-electron chi connectivity index (χ1n) is 6.68. The molecule has 1 saturated carbocycles. The lowest BCUT2D eigenvalue weighted by Gasteiger charge is -2.19. The third-order valence-electron chi connectivity index (χ3n) is 3.82. The van der Waals surface area contributed by atoms with E-state index in [9.17, 15) is 0 Å². The lowest BCUT2D eigenvalue weighted by molar-refractivity contribution is 0.502. The monoisotopic (exact) mass is 295 g/mol. The van der Waals surface area contributed by atoms with Crippen molar-refractivity contribution in [1.29, 1.82) is 0 Å². The summed E-state index contributed by atoms with van der Waals surface area (Å²) in [5.41, 5.74) is 2.63. The van der Waals surface area contributed by atoms with Crippen molar-refractivity contribution in [3.05, 3.63) is 28.2 Å². The number of rotatable bonds is 2. The second-order valence-electron chi connectivity index (χ2n) is 5.41. The summed E-state index contributed by atoms with van der Waals surface area (Å²) in [4.78, 5) is 0. The Morgan fingerprint density at radius 3 is 2.82 bits per heavy atom. The van der Waals surface area contributed by atoms with Gasteiger partial charge in [-0.3, -0.25) is 0 Å². The highest BCUT2D eigenvalue weighted by Crippen LogP contribution is 2.27. The second kappa shape index (κ2) is 5.90. The molecule has 1 aliphatic rings. The topological polar surface area (TPSA) is 12.0 Å². The van der Waals surface area contributed by atoms with Gasteiger partial charge in [0.25, 0.3) is 0 Å². The van der Waals surface area contributed by atoms with Crippen LogP contribution in [0.1, 0.15) is 44.6 Å². The molecule has 1 nitrogen and oxygen atoms in total. The number of anilines is 1. The summed E-state index contributed by atoms with van der Waals surface area (Å²) in [6.45, 7) is 4.56. The molecule has 2 rings (SSSR count). The van der Waals surface area contributed by atoms with Gasteiger partial charge in [-0.2, -0.15) is 0 Å². The Balaban J connectivity index is 2.02. The van der Waals surface area contributed by atoms with Gasteiger partial charge in [0.2, 0.25) is 0 Å². The molecular weight excluding hydrogens is 274 g/mol. The Morgan fingerprint density at radius 1 is 1.18 bits per heavy atom. The predicted octanol–water partition coefficient (Wildman–Crippen LogP) is 5.14. The SMILES string of the molecule is Cc1ccc(Br)cc1NC1CCCC(C)CC1. The van der Waals surface area contributed by atoms with Gasteiger partial charge in [-0.15, -0.1) is 0 Å². The van der Waals surface area contributed by atoms with Crippen molar-refractivity contribution in [3.8, 4) is 0 Å². The minimum Gasteiger partial charge on any atom is -0.382 e. The zero-order valence-corrected chi connectivity index (χ0v) is 12.4. The summed E-state index contributed by atoms with van der Waals surface area (Å²) in [6.07, 6.45) is 6.76. The fraction of sp³-hybridized carbons (Fsp3) is 0.600. The maximum Gasteiger partial charge on any atom is 0.0383 e. The summed E-state index contributed by atoms with van der Waals surface area (Å²) in [5, 5.41) is 3.72. The van der Waals surface area contributed by atoms with E-state index in [4.69, 9.17) is 0 Å². The summed E-state index contributed by atoms with van der Waals surface area (Å²) in [5.74, 6) is 0.908. The van der Waals surface area contributed by atoms with Gasteiger partial charge >= 0.3 is 0 Å². The van der Waals surface area contributed by atoms with E-state index in [1.54, 1.807) is 0 Å². The standard InChI is InChI=1S/C15H22BrN/c1-11-4-3-5-14(9-6-11)17-15-10-13(16)8-7-12(15)2/h7-8,10-11,14,17H,3-6,9H2,1-2H3. The Bertz CT molecular complexity index is 375. The lowest BCUT2D eigenvalue weighted by atomic mass is 10.0. The molecule has 2 heteroatoms. The summed E-state index contributed by atoms with van der Waals surface area (Å²) >= 11 is 3.55. The quantitative estimate of drug-likeness (QED) is 0.745. The van der Waals surface area contributed by atoms with E-state index in [-0.39, 0.29) is 0 Å². The van der Waals surface area contributed by atoms with E-state index >= 15 is 0 Å². The first-order chi connectivity index (χ1) is 8.15. The largest absolute Gasteiger partial charge is 0.382 e. The third kappa shape index (κ3) is 3.74. The molecule has 94 valence electrons. The van der Waals surface area contributed by atoms with E-state index in [2.05, 4.69) is 53.3 Å². The van der Waals surface area contributed by atoms with Crippen LogP contribution in [-0.4, -0.2) is 6.04 Å². The van der Waals surface area contributed by atoms with Crippen molar-refractivity contribution < 1.29 is 0 Å². The summed E-state index contributed by atoms with van der Waals surface area (Å²) in [7, 11) is 0. The molecular formula is C15H22BrN. The molecule has 0 amide bonds. The van der Waals surface area contributed by atoms with Gasteiger partial charge in [-0.1, -0.05) is 41.8 Å². The first-order valence-corrected chi connectivity index (χ1v) is 7.47. The number of nitrogens with one attached hydrogen (secondary N) is 1. The van der Waals surface area contributed by atoms with Crippen LogP contribution in [0.4, 0.5) is 5.69 Å². The van der Waals surface area contributed by atoms with Gasteiger partial charge in [0.15, 0.2) is 0 Å². The number of aryl methyl sites for hydroxylation is 1. The Hall–Kier alpha value is -0.500. The van der Waals surface area contributed by atoms with Gasteiger partial charge in [0.1, 0.15) is 0 Å². The van der Waals surface area contributed by atoms with Crippen LogP contribution in [0.25, 0.3) is 0 Å². The molecule has 0 heterocycles. The number of hydrogen-bond acceptors (Lipinski definition) is 1. The van der Waals surface area contributed by atoms with Crippen LogP contribution in [0, 0.1) is 12.8 Å². The van der Waals surface area contributed by atoms with E-state index in [0.29, 0.717) is 6.04 Å². The molecule has 2 atom stereocenters. The van der Waals surface area contributed by atoms with Gasteiger partial charge < -0.3 is 5.32 Å². The third-order valence-corrected chi connectivity index (χ3v) is 4.31. The number of halogens is 1. The fourth-order valence-corrected chi connectivity index (χ4v) is 2.96. The van der Waals surface area contributed by atoms with Gasteiger partial charge in [0, 0.05) is 16.2 Å². The molecule has 0 bridgehead atoms. The van der Waals surface area contributed by atoms with Crippen LogP contribution in [0.5, 0.6) is 0 Å². The average Bonchev–Trinajstić information content (AvgIpc) is 2.49. The molecule has 2 unspecified atom stereocenters. The highest BCUT2D eigenvalue weighted by atomic mass is 79.9. The molecule has 0 radical (unpaired) electrons. The van der Waals surface area contributed by atoms with Gasteiger partial charge in [-0.05, 0) is 49.8 Å². The Morgan fingerprint density at radius 2 is 2.00 bits per heavy atom. The van der Waals surface area contributed by atoms with Crippen molar-refractivity contribution in [1.82, 2.24) is 0 Å². The minimum absolute atomic E-state index is 0.660. The normalized spacial score (nSPS) is 25.4. The molecule has 1 aliphatic carbocycles. The number of benzene rings is 1. The maximum absolute atomic E-state index is 3.72. The van der Waals surface area contributed by atoms with Crippen LogP contribution in [0.3, 0.4) is 0 Å². The van der Waals surface area contributed by atoms with E-state index < -0.39 is 0 Å². The van der Waals surface area contributed by atoms with Crippen molar-refractivity contribution in [2.24, 2.45) is 5.92 Å². The average molecular weight is 296 g/mol. The van der Waals surface area contributed by atoms with Crippen LogP contribution in [0.2, 0.25) is 0 Å². The zero-order valence-electron chi connectivity index (χ0n) is 10.8. The molecule has 0 saturated heterocycles. The lowest BCUT2D eigenvalue weighted by Crippen LogP contribution is -2.19.